The summed E-state index contributed by atoms with van der Waals surface area (Å²) in [5, 5.41) is 0. The summed E-state index contributed by atoms with van der Waals surface area (Å²) in [6, 6.07) is 0. The van der Waals surface area contributed by atoms with Crippen molar-refractivity contribution in [2.75, 3.05) is 0 Å². The highest BCUT2D eigenvalue weighted by molar-refractivity contribution is 5.17. The first kappa shape index (κ1) is 27.1. The van der Waals surface area contributed by atoms with Gasteiger partial charge in [-0.05, 0) is 31.1 Å². The second kappa shape index (κ2) is 8.80. The zero-order valence-corrected chi connectivity index (χ0v) is 17.7. The summed E-state index contributed by atoms with van der Waals surface area (Å²) in [5.41, 5.74) is 0. The molecule has 0 bridgehead atoms. The van der Waals surface area contributed by atoms with Crippen LogP contribution in [0, 0.1) is 47.3 Å². The summed E-state index contributed by atoms with van der Waals surface area (Å²) >= 11 is 0. The molecule has 0 heterocycles. The van der Waals surface area contributed by atoms with E-state index in [2.05, 4.69) is 0 Å². The van der Waals surface area contributed by atoms with Gasteiger partial charge in [0.05, 0.1) is 11.8 Å². The highest BCUT2D eigenvalue weighted by atomic mass is 19.4. The van der Waals surface area contributed by atoms with Crippen LogP contribution in [0.15, 0.2) is 0 Å². The number of hydrogen-bond acceptors (Lipinski definition) is 0. The van der Waals surface area contributed by atoms with Crippen molar-refractivity contribution in [2.45, 2.75) is 81.0 Å². The lowest BCUT2D eigenvalue weighted by molar-refractivity contribution is -0.234. The first-order valence-corrected chi connectivity index (χ1v) is 11.2. The van der Waals surface area contributed by atoms with Crippen molar-refractivity contribution in [3.8, 4) is 0 Å². The van der Waals surface area contributed by atoms with Crippen molar-refractivity contribution in [3.63, 3.8) is 0 Å². The topological polar surface area (TPSA) is 0 Å². The number of hydrogen-bond donors (Lipinski definition) is 0. The van der Waals surface area contributed by atoms with Gasteiger partial charge in [-0.3, -0.25) is 0 Å². The normalized spacial score (nSPS) is 55.4. The lowest BCUT2D eigenvalue weighted by Crippen LogP contribution is -2.56. The quantitative estimate of drug-likeness (QED) is 0.315. The van der Waals surface area contributed by atoms with Gasteiger partial charge in [-0.1, -0.05) is 0 Å². The zero-order valence-electron chi connectivity index (χ0n) is 17.7. The highest BCUT2D eigenvalue weighted by Crippen LogP contribution is 2.65. The molecule has 0 saturated heterocycles. The summed E-state index contributed by atoms with van der Waals surface area (Å²) in [4.78, 5) is 0. The van der Waals surface area contributed by atoms with E-state index in [4.69, 9.17) is 0 Å². The van der Waals surface area contributed by atoms with Crippen molar-refractivity contribution in [2.24, 2.45) is 47.3 Å². The maximum absolute atomic E-state index is 15.1. The number of halogens is 14. The molecule has 0 spiro atoms. The second-order valence-electron chi connectivity index (χ2n) is 10.4. The predicted molar refractivity (Wildman–Crippen MR) is 93.0 cm³/mol. The molecule has 4 rings (SSSR count). The third kappa shape index (κ3) is 4.20. The molecule has 204 valence electrons. The van der Waals surface area contributed by atoms with E-state index in [1.807, 2.05) is 0 Å². The van der Waals surface area contributed by atoms with Crippen molar-refractivity contribution in [1.29, 1.82) is 0 Å². The van der Waals surface area contributed by atoms with Gasteiger partial charge < -0.3 is 0 Å². The van der Waals surface area contributed by atoms with Crippen molar-refractivity contribution in [1.82, 2.24) is 0 Å². The molecule has 0 radical (unpaired) electrons. The molecule has 35 heavy (non-hydrogen) atoms. The minimum Gasteiger partial charge on any atom is -0.244 e. The average Bonchev–Trinajstić information content (AvgIpc) is 3.13. The summed E-state index contributed by atoms with van der Waals surface area (Å²) in [6.45, 7) is 0. The van der Waals surface area contributed by atoms with Gasteiger partial charge in [0, 0.05) is 23.7 Å². The smallest absolute Gasteiger partial charge is 0.244 e. The van der Waals surface area contributed by atoms with Crippen LogP contribution >= 0.6 is 0 Å². The van der Waals surface area contributed by atoms with Gasteiger partial charge in [0.15, 0.2) is 24.7 Å². The summed E-state index contributed by atoms with van der Waals surface area (Å²) < 4.78 is 198. The van der Waals surface area contributed by atoms with Crippen LogP contribution in [-0.4, -0.2) is 61.7 Å². The maximum Gasteiger partial charge on any atom is 0.391 e. The van der Waals surface area contributed by atoms with Crippen LogP contribution in [0.5, 0.6) is 0 Å². The average molecular weight is 540 g/mol. The molecule has 0 aromatic heterocycles. The molecule has 4 aliphatic rings. The molecule has 4 saturated carbocycles. The van der Waals surface area contributed by atoms with Gasteiger partial charge in [-0.25, -0.2) is 35.1 Å². The number of alkyl halides is 14. The van der Waals surface area contributed by atoms with E-state index in [1.54, 1.807) is 0 Å². The second-order valence-corrected chi connectivity index (χ2v) is 10.4. The number of rotatable bonds is 1. The van der Waals surface area contributed by atoms with Crippen LogP contribution in [0.2, 0.25) is 0 Å². The van der Waals surface area contributed by atoms with E-state index in [0.717, 1.165) is 0 Å². The highest BCUT2D eigenvalue weighted by Gasteiger charge is 2.72. The molecule has 14 atom stereocenters. The van der Waals surface area contributed by atoms with Crippen LogP contribution in [0.25, 0.3) is 0 Å². The monoisotopic (exact) mass is 540 g/mol. The number of fused-ring (bicyclic) bond motifs is 3. The fourth-order valence-corrected chi connectivity index (χ4v) is 7.37. The Morgan fingerprint density at radius 3 is 0.857 bits per heavy atom. The summed E-state index contributed by atoms with van der Waals surface area (Å²) in [6.07, 6.45) is -39.0. The summed E-state index contributed by atoms with van der Waals surface area (Å²) in [5.74, 6) is -18.3. The Morgan fingerprint density at radius 2 is 0.600 bits per heavy atom. The van der Waals surface area contributed by atoms with Crippen molar-refractivity contribution >= 4 is 0 Å². The van der Waals surface area contributed by atoms with E-state index in [-0.39, 0.29) is 0 Å². The Balaban J connectivity index is 1.82. The van der Waals surface area contributed by atoms with Gasteiger partial charge in [-0.2, -0.15) is 26.3 Å². The van der Waals surface area contributed by atoms with E-state index in [0.29, 0.717) is 0 Å². The fourth-order valence-electron chi connectivity index (χ4n) is 7.37. The van der Waals surface area contributed by atoms with Gasteiger partial charge in [0.1, 0.15) is 24.7 Å². The zero-order chi connectivity index (χ0) is 26.4. The van der Waals surface area contributed by atoms with Crippen LogP contribution < -0.4 is 0 Å². The molecule has 0 aromatic carbocycles. The van der Waals surface area contributed by atoms with E-state index < -0.39 is 128 Å². The lowest BCUT2D eigenvalue weighted by atomic mass is 9.62. The Labute approximate surface area is 190 Å². The minimum atomic E-state index is -5.17. The molecule has 0 aromatic rings. The Bertz CT molecular complexity index is 708. The molecule has 14 heteroatoms. The van der Waals surface area contributed by atoms with Gasteiger partial charge in [0.25, 0.3) is 0 Å². The van der Waals surface area contributed by atoms with Crippen molar-refractivity contribution in [3.05, 3.63) is 0 Å². The lowest BCUT2D eigenvalue weighted by Gasteiger charge is -2.46. The predicted octanol–water partition coefficient (Wildman–Crippen LogP) is 6.97. The first-order valence-electron chi connectivity index (χ1n) is 11.2. The van der Waals surface area contributed by atoms with E-state index >= 15 is 8.78 Å². The molecular formula is C21H22F14. The summed E-state index contributed by atoms with van der Waals surface area (Å²) in [7, 11) is 0. The fraction of sp³-hybridized carbons (Fsp3) is 1.00. The van der Waals surface area contributed by atoms with Gasteiger partial charge in [0.2, 0.25) is 0 Å². The molecular weight excluding hydrogens is 518 g/mol. The standard InChI is InChI=1S/C21H22F14/c22-12-8-7(4-1-5(20(30,31)32)3-6(2-4)21(33,34)35)9-11(10(8)14(24)18(28)16(12)26)15(25)19(29)17(27)13(9)23/h4-19H,1-3H2. The Morgan fingerprint density at radius 1 is 0.343 bits per heavy atom. The third-order valence-electron chi connectivity index (χ3n) is 8.73. The Hall–Kier alpha value is -0.980. The van der Waals surface area contributed by atoms with E-state index in [1.165, 1.54) is 0 Å². The molecule has 4 aliphatic carbocycles. The van der Waals surface area contributed by atoms with Crippen LogP contribution in [0.1, 0.15) is 19.3 Å². The third-order valence-corrected chi connectivity index (χ3v) is 8.73. The molecule has 4 fully saturated rings. The largest absolute Gasteiger partial charge is 0.391 e. The molecule has 0 N–H and O–H groups in total. The van der Waals surface area contributed by atoms with Crippen molar-refractivity contribution < 1.29 is 61.5 Å². The molecule has 14 unspecified atom stereocenters. The minimum absolute atomic E-state index is 1.13. The van der Waals surface area contributed by atoms with Gasteiger partial charge >= 0.3 is 12.4 Å². The van der Waals surface area contributed by atoms with Gasteiger partial charge in [-0.15, -0.1) is 0 Å². The SMILES string of the molecule is FC1C(F)C(F)C2C(C1F)C(C1CC(C(F)(F)F)CC(C(F)(F)F)C1)C1C(F)C(F)C(F)C(F)C12. The molecule has 0 nitrogen and oxygen atoms in total. The molecule has 0 amide bonds. The van der Waals surface area contributed by atoms with Crippen LogP contribution in [0.4, 0.5) is 61.5 Å². The molecule has 0 aliphatic heterocycles. The van der Waals surface area contributed by atoms with Crippen LogP contribution in [0.3, 0.4) is 0 Å². The maximum atomic E-state index is 15.1. The van der Waals surface area contributed by atoms with Crippen LogP contribution in [-0.2, 0) is 0 Å². The van der Waals surface area contributed by atoms with E-state index in [9.17, 15) is 52.7 Å². The Kier molecular flexibility index (Phi) is 6.81. The first-order chi connectivity index (χ1) is 16.0.